The molecule has 1 aliphatic heterocycles. The molecule has 40 heavy (non-hydrogen) atoms. The van der Waals surface area contributed by atoms with E-state index in [2.05, 4.69) is 79.7 Å². The Morgan fingerprint density at radius 2 is 1.75 bits per heavy atom. The highest BCUT2D eigenvalue weighted by atomic mass is 79.9. The molecule has 6 rings (SSSR count). The highest BCUT2D eigenvalue weighted by Gasteiger charge is 2.67. The van der Waals surface area contributed by atoms with Gasteiger partial charge < -0.3 is 24.6 Å². The molecule has 0 bridgehead atoms. The number of benzene rings is 1. The number of halogens is 1. The van der Waals surface area contributed by atoms with Crippen molar-refractivity contribution in [2.24, 2.45) is 22.7 Å². The lowest BCUT2D eigenvalue weighted by molar-refractivity contribution is -0.331. The number of hydrogen-bond donors (Lipinski definition) is 2. The number of rotatable bonds is 5. The smallest absolute Gasteiger partial charge is 0.171 e. The molecule has 222 valence electrons. The van der Waals surface area contributed by atoms with Crippen LogP contribution in [0.4, 0.5) is 5.69 Å². The molecule has 0 unspecified atom stereocenters. The number of nitrogens with zero attached hydrogens (tertiary/aromatic N) is 1. The predicted molar refractivity (Wildman–Crippen MR) is 166 cm³/mol. The van der Waals surface area contributed by atoms with Gasteiger partial charge in [-0.15, -0.1) is 11.8 Å². The zero-order valence-corrected chi connectivity index (χ0v) is 27.4. The van der Waals surface area contributed by atoms with Crippen LogP contribution in [0, 0.1) is 22.7 Å². The lowest BCUT2D eigenvalue weighted by Crippen LogP contribution is -2.67. The molecule has 0 aromatic heterocycles. The molecule has 7 heteroatoms. The van der Waals surface area contributed by atoms with E-state index in [4.69, 9.17) is 9.47 Å². The van der Waals surface area contributed by atoms with Crippen molar-refractivity contribution in [1.29, 1.82) is 0 Å². The first-order valence-electron chi connectivity index (χ1n) is 15.5. The molecular weight excluding hydrogens is 586 g/mol. The first-order chi connectivity index (χ1) is 18.9. The fourth-order valence-corrected chi connectivity index (χ4v) is 10.9. The second kappa shape index (κ2) is 10.3. The van der Waals surface area contributed by atoms with Crippen LogP contribution in [0.15, 0.2) is 39.2 Å². The molecule has 1 saturated heterocycles. The van der Waals surface area contributed by atoms with Crippen LogP contribution in [0.3, 0.4) is 0 Å². The van der Waals surface area contributed by atoms with Crippen molar-refractivity contribution in [2.75, 3.05) is 31.2 Å². The van der Waals surface area contributed by atoms with Gasteiger partial charge in [-0.1, -0.05) is 32.4 Å². The predicted octanol–water partition coefficient (Wildman–Crippen LogP) is 7.33. The Bertz CT molecular complexity index is 1160. The maximum Gasteiger partial charge on any atom is 0.171 e. The molecule has 2 N–H and O–H groups in total. The van der Waals surface area contributed by atoms with Gasteiger partial charge in [-0.2, -0.15) is 0 Å². The van der Waals surface area contributed by atoms with Crippen LogP contribution in [0.25, 0.3) is 0 Å². The third-order valence-electron chi connectivity index (χ3n) is 11.3. The van der Waals surface area contributed by atoms with Gasteiger partial charge in [-0.05, 0) is 98.3 Å². The van der Waals surface area contributed by atoms with Gasteiger partial charge in [0.25, 0.3) is 0 Å². The number of ether oxygens (including phenoxy) is 2. The molecule has 0 amide bonds. The summed E-state index contributed by atoms with van der Waals surface area (Å²) in [5.41, 5.74) is 1.63. The van der Waals surface area contributed by atoms with Crippen molar-refractivity contribution >= 4 is 33.4 Å². The quantitative estimate of drug-likeness (QED) is 0.331. The van der Waals surface area contributed by atoms with Gasteiger partial charge in [0.1, 0.15) is 0 Å². The van der Waals surface area contributed by atoms with Crippen molar-refractivity contribution in [2.45, 2.75) is 113 Å². The third-order valence-corrected chi connectivity index (χ3v) is 14.0. The summed E-state index contributed by atoms with van der Waals surface area (Å²) in [4.78, 5) is 3.57. The fourth-order valence-electron chi connectivity index (χ4n) is 8.82. The summed E-state index contributed by atoms with van der Waals surface area (Å²) in [6.45, 7) is 14.3. The first-order valence-corrected chi connectivity index (χ1v) is 17.1. The van der Waals surface area contributed by atoms with Gasteiger partial charge >= 0.3 is 0 Å². The van der Waals surface area contributed by atoms with E-state index in [9.17, 15) is 10.2 Å². The fraction of sp³-hybridized carbons (Fsp3) is 0.758. The van der Waals surface area contributed by atoms with Gasteiger partial charge in [0, 0.05) is 51.8 Å². The van der Waals surface area contributed by atoms with Gasteiger partial charge in [0.2, 0.25) is 0 Å². The lowest BCUT2D eigenvalue weighted by atomic mass is 9.52. The first kappa shape index (κ1) is 29.5. The summed E-state index contributed by atoms with van der Waals surface area (Å²) in [5, 5.41) is 23.9. The summed E-state index contributed by atoms with van der Waals surface area (Å²) >= 11 is 5.77. The number of anilines is 1. The summed E-state index contributed by atoms with van der Waals surface area (Å²) in [5.74, 6) is 0.151. The van der Waals surface area contributed by atoms with E-state index in [1.807, 2.05) is 11.8 Å². The molecule has 0 radical (unpaired) electrons. The van der Waals surface area contributed by atoms with E-state index >= 15 is 0 Å². The highest BCUT2D eigenvalue weighted by molar-refractivity contribution is 9.10. The maximum absolute atomic E-state index is 12.9. The monoisotopic (exact) mass is 633 g/mol. The molecule has 1 heterocycles. The second-order valence-electron chi connectivity index (χ2n) is 14.3. The molecule has 4 aliphatic carbocycles. The number of aliphatic hydroxyl groups excluding tert-OH is 1. The van der Waals surface area contributed by atoms with Crippen LogP contribution in [0.5, 0.6) is 0 Å². The average molecular weight is 635 g/mol. The largest absolute Gasteiger partial charge is 0.393 e. The van der Waals surface area contributed by atoms with Crippen LogP contribution < -0.4 is 4.90 Å². The molecular formula is C33H48BrNO4S. The molecule has 1 aromatic carbocycles. The Morgan fingerprint density at radius 1 is 1.02 bits per heavy atom. The molecule has 1 spiro atoms. The van der Waals surface area contributed by atoms with E-state index in [1.165, 1.54) is 16.2 Å². The maximum atomic E-state index is 12.9. The van der Waals surface area contributed by atoms with Crippen molar-refractivity contribution in [1.82, 2.24) is 0 Å². The van der Waals surface area contributed by atoms with Crippen LogP contribution in [0.1, 0.15) is 86.0 Å². The molecule has 6 atom stereocenters. The molecule has 3 saturated carbocycles. The average Bonchev–Trinajstić information content (AvgIpc) is 3.23. The summed E-state index contributed by atoms with van der Waals surface area (Å²) in [6.07, 6.45) is 8.84. The van der Waals surface area contributed by atoms with Crippen LogP contribution >= 0.6 is 27.7 Å². The van der Waals surface area contributed by atoms with E-state index in [0.29, 0.717) is 31.5 Å². The highest BCUT2D eigenvalue weighted by Crippen LogP contribution is 2.68. The Labute approximate surface area is 253 Å². The van der Waals surface area contributed by atoms with Gasteiger partial charge in [0.15, 0.2) is 5.79 Å². The zero-order chi connectivity index (χ0) is 28.6. The number of thioether (sulfide) groups is 1. The molecule has 1 aromatic rings. The number of hydrogen-bond acceptors (Lipinski definition) is 6. The summed E-state index contributed by atoms with van der Waals surface area (Å²) in [6, 6.07) is 6.68. The van der Waals surface area contributed by atoms with Crippen LogP contribution in [-0.4, -0.2) is 58.8 Å². The van der Waals surface area contributed by atoms with Crippen LogP contribution in [0.2, 0.25) is 0 Å². The molecule has 4 fully saturated rings. The lowest BCUT2D eigenvalue weighted by Gasteiger charge is -2.63. The van der Waals surface area contributed by atoms with Crippen molar-refractivity contribution in [3.05, 3.63) is 34.3 Å². The van der Waals surface area contributed by atoms with Crippen molar-refractivity contribution in [3.8, 4) is 0 Å². The minimum Gasteiger partial charge on any atom is -0.393 e. The van der Waals surface area contributed by atoms with Gasteiger partial charge in [0.05, 0.1) is 29.7 Å². The normalized spacial score (nSPS) is 39.7. The number of allylic oxidation sites excluding steroid dienone is 1. The Balaban J connectivity index is 1.43. The Kier molecular flexibility index (Phi) is 7.57. The van der Waals surface area contributed by atoms with Gasteiger partial charge in [-0.3, -0.25) is 0 Å². The number of fused-ring (bicyclic) bond motifs is 5. The topological polar surface area (TPSA) is 62.2 Å². The van der Waals surface area contributed by atoms with E-state index in [-0.39, 0.29) is 16.9 Å². The zero-order valence-electron chi connectivity index (χ0n) is 25.0. The SMILES string of the molecule is CCN(CC)c1ccc(Br)c(S[C@]23CCC4(C[C@]2(O)CC[C@@H]2C3=CC[C@]3(C)[C@@H](O)CC[C@@H]23)OCC(C)(C)CO4)c1. The van der Waals surface area contributed by atoms with Crippen LogP contribution in [-0.2, 0) is 9.47 Å². The third kappa shape index (κ3) is 4.55. The molecule has 5 aliphatic rings. The van der Waals surface area contributed by atoms with Crippen molar-refractivity contribution < 1.29 is 19.7 Å². The van der Waals surface area contributed by atoms with Crippen molar-refractivity contribution in [3.63, 3.8) is 0 Å². The van der Waals surface area contributed by atoms with E-state index in [0.717, 1.165) is 62.5 Å². The minimum absolute atomic E-state index is 0.00971. The standard InChI is InChI=1S/C33H48BrNO4S/c1-6-35(7-2)22-8-10-26(34)27(18-22)40-33-17-16-32(38-20-29(3,4)21-39-32)19-31(33,37)15-12-23-24-9-11-28(36)30(24,5)14-13-25(23)33/h8,10,13,18,23-24,28,36-37H,6-7,9,11-12,14-17,19-21H2,1-5H3/t23-,24-,28-,30-,31+,33-/m0/s1. The minimum atomic E-state index is -0.949. The Morgan fingerprint density at radius 3 is 2.45 bits per heavy atom. The van der Waals surface area contributed by atoms with Gasteiger partial charge in [-0.25, -0.2) is 0 Å². The summed E-state index contributed by atoms with van der Waals surface area (Å²) in [7, 11) is 0. The van der Waals surface area contributed by atoms with E-state index in [1.54, 1.807) is 0 Å². The van der Waals surface area contributed by atoms with E-state index < -0.39 is 16.1 Å². The number of aliphatic hydroxyl groups is 2. The summed E-state index contributed by atoms with van der Waals surface area (Å²) < 4.78 is 13.6. The second-order valence-corrected chi connectivity index (χ2v) is 16.5. The Hall–Kier alpha value is -0.570. The molecule has 5 nitrogen and oxygen atoms in total.